The van der Waals surface area contributed by atoms with Gasteiger partial charge in [-0.3, -0.25) is 9.59 Å². The van der Waals surface area contributed by atoms with E-state index in [1.54, 1.807) is 24.3 Å². The minimum atomic E-state index is -0.599. The molecular formula is C21H19N5O2S. The highest BCUT2D eigenvalue weighted by atomic mass is 32.2. The van der Waals surface area contributed by atoms with Gasteiger partial charge in [-0.15, -0.1) is 5.10 Å². The SMILES string of the molecule is C/C(=N\N=C1/NC(=O)C(CC(=O)Nc2ccccc2C#N)S1)c1ccc(C)cc1. The highest BCUT2D eigenvalue weighted by Gasteiger charge is 2.32. The molecule has 29 heavy (non-hydrogen) atoms. The topological polar surface area (TPSA) is 107 Å². The first-order valence-electron chi connectivity index (χ1n) is 8.92. The summed E-state index contributed by atoms with van der Waals surface area (Å²) in [5, 5.41) is 22.5. The summed E-state index contributed by atoms with van der Waals surface area (Å²) >= 11 is 1.16. The summed E-state index contributed by atoms with van der Waals surface area (Å²) in [4.78, 5) is 24.4. The van der Waals surface area contributed by atoms with E-state index in [1.807, 2.05) is 44.2 Å². The van der Waals surface area contributed by atoms with Gasteiger partial charge < -0.3 is 10.6 Å². The molecule has 1 fully saturated rings. The number of thioether (sulfide) groups is 1. The molecule has 2 N–H and O–H groups in total. The smallest absolute Gasteiger partial charge is 0.240 e. The second kappa shape index (κ2) is 9.17. The molecule has 1 unspecified atom stereocenters. The van der Waals surface area contributed by atoms with E-state index in [4.69, 9.17) is 5.26 Å². The van der Waals surface area contributed by atoms with E-state index in [2.05, 4.69) is 20.8 Å². The Morgan fingerprint density at radius 3 is 2.69 bits per heavy atom. The van der Waals surface area contributed by atoms with E-state index < -0.39 is 5.25 Å². The number of anilines is 1. The molecule has 0 spiro atoms. The third-order valence-corrected chi connectivity index (χ3v) is 5.30. The summed E-state index contributed by atoms with van der Waals surface area (Å²) in [6.07, 6.45) is -0.0318. The number of hydrogen-bond acceptors (Lipinski definition) is 6. The fraction of sp³-hybridized carbons (Fsp3) is 0.190. The summed E-state index contributed by atoms with van der Waals surface area (Å²) in [6.45, 7) is 3.85. The zero-order chi connectivity index (χ0) is 20.8. The van der Waals surface area contributed by atoms with Crippen molar-refractivity contribution in [3.05, 3.63) is 65.2 Å². The monoisotopic (exact) mass is 405 g/mol. The maximum absolute atomic E-state index is 12.3. The van der Waals surface area contributed by atoms with Crippen LogP contribution in [0.25, 0.3) is 0 Å². The molecule has 2 amide bonds. The van der Waals surface area contributed by atoms with Gasteiger partial charge in [0, 0.05) is 6.42 Å². The minimum absolute atomic E-state index is 0.0318. The van der Waals surface area contributed by atoms with Crippen molar-refractivity contribution in [2.75, 3.05) is 5.32 Å². The predicted octanol–water partition coefficient (Wildman–Crippen LogP) is 3.21. The van der Waals surface area contributed by atoms with Crippen molar-refractivity contribution < 1.29 is 9.59 Å². The number of nitrogens with one attached hydrogen (secondary N) is 2. The lowest BCUT2D eigenvalue weighted by Crippen LogP contribution is -2.28. The third kappa shape index (κ3) is 5.30. The van der Waals surface area contributed by atoms with Gasteiger partial charge in [0.25, 0.3) is 0 Å². The highest BCUT2D eigenvalue weighted by Crippen LogP contribution is 2.23. The molecule has 2 aromatic carbocycles. The first-order valence-corrected chi connectivity index (χ1v) is 9.80. The number of amides is 2. The summed E-state index contributed by atoms with van der Waals surface area (Å²) in [6, 6.07) is 16.6. The van der Waals surface area contributed by atoms with E-state index in [1.165, 1.54) is 0 Å². The van der Waals surface area contributed by atoms with E-state index >= 15 is 0 Å². The van der Waals surface area contributed by atoms with Crippen molar-refractivity contribution in [1.29, 1.82) is 5.26 Å². The van der Waals surface area contributed by atoms with Crippen molar-refractivity contribution in [2.24, 2.45) is 10.2 Å². The van der Waals surface area contributed by atoms with Gasteiger partial charge in [-0.05, 0) is 31.5 Å². The lowest BCUT2D eigenvalue weighted by molar-refractivity contribution is -0.122. The first kappa shape index (κ1) is 20.3. The number of benzene rings is 2. The van der Waals surface area contributed by atoms with Gasteiger partial charge in [-0.2, -0.15) is 10.4 Å². The van der Waals surface area contributed by atoms with E-state index in [9.17, 15) is 9.59 Å². The average Bonchev–Trinajstić information content (AvgIpc) is 3.06. The Bertz CT molecular complexity index is 1040. The van der Waals surface area contributed by atoms with Crippen LogP contribution >= 0.6 is 11.8 Å². The Morgan fingerprint density at radius 2 is 1.97 bits per heavy atom. The molecule has 1 aliphatic heterocycles. The van der Waals surface area contributed by atoms with Gasteiger partial charge in [0.05, 0.1) is 17.0 Å². The maximum atomic E-state index is 12.3. The minimum Gasteiger partial charge on any atom is -0.325 e. The van der Waals surface area contributed by atoms with Crippen LogP contribution in [0.2, 0.25) is 0 Å². The Balaban J connectivity index is 1.61. The molecule has 0 aliphatic carbocycles. The Morgan fingerprint density at radius 1 is 1.24 bits per heavy atom. The van der Waals surface area contributed by atoms with Gasteiger partial charge in [0.15, 0.2) is 5.17 Å². The summed E-state index contributed by atoms with van der Waals surface area (Å²) in [5.74, 6) is -0.637. The predicted molar refractivity (Wildman–Crippen MR) is 115 cm³/mol. The van der Waals surface area contributed by atoms with E-state index in [0.29, 0.717) is 16.4 Å². The Kier molecular flexibility index (Phi) is 6.42. The number of para-hydroxylation sites is 1. The number of amidine groups is 1. The molecule has 2 aromatic rings. The number of aryl methyl sites for hydroxylation is 1. The van der Waals surface area contributed by atoms with Gasteiger partial charge in [0.1, 0.15) is 11.3 Å². The molecule has 1 atom stereocenters. The summed E-state index contributed by atoms with van der Waals surface area (Å²) in [5.41, 5.74) is 3.62. The normalized spacial score (nSPS) is 17.7. The zero-order valence-corrected chi connectivity index (χ0v) is 16.8. The summed E-state index contributed by atoms with van der Waals surface area (Å²) < 4.78 is 0. The lowest BCUT2D eigenvalue weighted by atomic mass is 10.1. The van der Waals surface area contributed by atoms with Crippen LogP contribution in [0.1, 0.15) is 30.0 Å². The Hall–Kier alpha value is -3.44. The second-order valence-corrected chi connectivity index (χ2v) is 7.65. The van der Waals surface area contributed by atoms with Crippen LogP contribution in [-0.4, -0.2) is 27.9 Å². The van der Waals surface area contributed by atoms with Gasteiger partial charge in [-0.25, -0.2) is 0 Å². The van der Waals surface area contributed by atoms with Gasteiger partial charge in [0.2, 0.25) is 11.8 Å². The highest BCUT2D eigenvalue weighted by molar-refractivity contribution is 8.15. The van der Waals surface area contributed by atoms with Crippen molar-refractivity contribution in [3.63, 3.8) is 0 Å². The molecule has 0 saturated carbocycles. The van der Waals surface area contributed by atoms with Crippen LogP contribution in [0.4, 0.5) is 5.69 Å². The van der Waals surface area contributed by atoms with Crippen LogP contribution in [0.15, 0.2) is 58.7 Å². The van der Waals surface area contributed by atoms with Gasteiger partial charge in [-0.1, -0.05) is 53.7 Å². The molecule has 3 rings (SSSR count). The van der Waals surface area contributed by atoms with Crippen LogP contribution in [0.3, 0.4) is 0 Å². The molecule has 146 valence electrons. The molecule has 0 aromatic heterocycles. The maximum Gasteiger partial charge on any atom is 0.240 e. The van der Waals surface area contributed by atoms with Crippen molar-refractivity contribution in [1.82, 2.24) is 5.32 Å². The fourth-order valence-corrected chi connectivity index (χ4v) is 3.54. The summed E-state index contributed by atoms with van der Waals surface area (Å²) in [7, 11) is 0. The molecule has 1 heterocycles. The standard InChI is InChI=1S/C21H19N5O2S/c1-13-7-9-15(10-8-13)14(2)25-26-21-24-20(28)18(29-21)11-19(27)23-17-6-4-3-5-16(17)12-22/h3-10,18H,11H2,1-2H3,(H,23,27)(H,24,26,28)/b25-14+. The van der Waals surface area contributed by atoms with Gasteiger partial charge >= 0.3 is 0 Å². The van der Waals surface area contributed by atoms with Crippen LogP contribution in [0.5, 0.6) is 0 Å². The molecule has 1 saturated heterocycles. The molecule has 8 heteroatoms. The third-order valence-electron chi connectivity index (χ3n) is 4.23. The quantitative estimate of drug-likeness (QED) is 0.588. The number of nitrogens with zero attached hydrogens (tertiary/aromatic N) is 3. The zero-order valence-electron chi connectivity index (χ0n) is 16.0. The number of nitriles is 1. The number of rotatable bonds is 5. The number of carbonyl (C=O) groups is 2. The van der Waals surface area contributed by atoms with Crippen molar-refractivity contribution >= 4 is 40.1 Å². The van der Waals surface area contributed by atoms with Crippen LogP contribution < -0.4 is 10.6 Å². The molecule has 0 bridgehead atoms. The molecular weight excluding hydrogens is 386 g/mol. The fourth-order valence-electron chi connectivity index (χ4n) is 2.62. The lowest BCUT2D eigenvalue weighted by Gasteiger charge is -2.08. The van der Waals surface area contributed by atoms with E-state index in [0.717, 1.165) is 28.6 Å². The molecule has 1 aliphatic rings. The average molecular weight is 405 g/mol. The first-order chi connectivity index (χ1) is 14.0. The number of carbonyl (C=O) groups excluding carboxylic acids is 2. The Labute approximate surface area is 172 Å². The van der Waals surface area contributed by atoms with Crippen LogP contribution in [0, 0.1) is 18.3 Å². The molecule has 7 nitrogen and oxygen atoms in total. The van der Waals surface area contributed by atoms with Crippen molar-refractivity contribution in [2.45, 2.75) is 25.5 Å². The molecule has 0 radical (unpaired) electrons. The van der Waals surface area contributed by atoms with Crippen molar-refractivity contribution in [3.8, 4) is 6.07 Å². The number of hydrogen-bond donors (Lipinski definition) is 2. The van der Waals surface area contributed by atoms with Crippen LogP contribution in [-0.2, 0) is 9.59 Å². The van der Waals surface area contributed by atoms with E-state index in [-0.39, 0.29) is 18.2 Å². The second-order valence-electron chi connectivity index (χ2n) is 6.46. The largest absolute Gasteiger partial charge is 0.325 e.